The van der Waals surface area contributed by atoms with Gasteiger partial charge in [0.15, 0.2) is 0 Å². The minimum absolute atomic E-state index is 0.405. The van der Waals surface area contributed by atoms with Crippen LogP contribution in [0.15, 0.2) is 12.1 Å². The lowest BCUT2D eigenvalue weighted by molar-refractivity contribution is -0.158. The number of hydrogen-bond acceptors (Lipinski definition) is 5. The Kier molecular flexibility index (Phi) is 5.48. The number of carboxylic acid groups (broad SMARTS) is 1. The highest BCUT2D eigenvalue weighted by molar-refractivity contribution is 7.13. The normalized spacial score (nSPS) is 12.6. The van der Waals surface area contributed by atoms with Crippen LogP contribution in [0.4, 0.5) is 0 Å². The van der Waals surface area contributed by atoms with Crippen LogP contribution in [0.3, 0.4) is 0 Å². The monoisotopic (exact) mass is 313 g/mol. The second-order valence-electron chi connectivity index (χ2n) is 5.57. The van der Waals surface area contributed by atoms with Gasteiger partial charge < -0.3 is 15.2 Å². The van der Waals surface area contributed by atoms with Crippen LogP contribution >= 0.6 is 11.3 Å². The number of carbonyl (C=O) groups is 3. The molecule has 116 valence electrons. The van der Waals surface area contributed by atoms with Crippen molar-refractivity contribution in [2.45, 2.75) is 45.8 Å². The van der Waals surface area contributed by atoms with Crippen LogP contribution in [0.1, 0.15) is 41.7 Å². The summed E-state index contributed by atoms with van der Waals surface area (Å²) in [6.45, 7) is 6.91. The van der Waals surface area contributed by atoms with Gasteiger partial charge in [0.2, 0.25) is 0 Å². The average molecular weight is 313 g/mol. The SMILES string of the molecule is Cc1ccc(C(=O)N[C@@H](CC(=O)OC(C)(C)C)C(=O)O)s1. The van der Waals surface area contributed by atoms with Gasteiger partial charge in [0, 0.05) is 4.88 Å². The first-order valence-corrected chi connectivity index (χ1v) is 7.22. The third-order valence-electron chi connectivity index (χ3n) is 2.36. The molecule has 0 aromatic carbocycles. The van der Waals surface area contributed by atoms with Gasteiger partial charge >= 0.3 is 11.9 Å². The lowest BCUT2D eigenvalue weighted by atomic mass is 10.1. The van der Waals surface area contributed by atoms with Crippen LogP contribution in [0.25, 0.3) is 0 Å². The van der Waals surface area contributed by atoms with Crippen molar-refractivity contribution in [2.75, 3.05) is 0 Å². The molecule has 1 rings (SSSR count). The van der Waals surface area contributed by atoms with Crippen molar-refractivity contribution >= 4 is 29.2 Å². The lowest BCUT2D eigenvalue weighted by Gasteiger charge is -2.21. The van der Waals surface area contributed by atoms with Crippen molar-refractivity contribution in [3.63, 3.8) is 0 Å². The van der Waals surface area contributed by atoms with Crippen molar-refractivity contribution in [3.05, 3.63) is 21.9 Å². The van der Waals surface area contributed by atoms with E-state index in [4.69, 9.17) is 9.84 Å². The summed E-state index contributed by atoms with van der Waals surface area (Å²) in [5.74, 6) is -2.45. The summed E-state index contributed by atoms with van der Waals surface area (Å²) in [4.78, 5) is 36.1. The molecule has 1 aromatic heterocycles. The van der Waals surface area contributed by atoms with Crippen LogP contribution < -0.4 is 5.32 Å². The topological polar surface area (TPSA) is 92.7 Å². The van der Waals surface area contributed by atoms with E-state index in [1.807, 2.05) is 6.92 Å². The minimum Gasteiger partial charge on any atom is -0.480 e. The molecule has 1 aromatic rings. The molecule has 0 aliphatic heterocycles. The van der Waals surface area contributed by atoms with Crippen molar-refractivity contribution in [3.8, 4) is 0 Å². The zero-order valence-electron chi connectivity index (χ0n) is 12.4. The molecule has 2 N–H and O–H groups in total. The molecule has 0 bridgehead atoms. The molecule has 1 heterocycles. The molecular weight excluding hydrogens is 294 g/mol. The number of hydrogen-bond donors (Lipinski definition) is 2. The highest BCUT2D eigenvalue weighted by atomic mass is 32.1. The maximum atomic E-state index is 11.9. The van der Waals surface area contributed by atoms with Crippen molar-refractivity contribution in [1.29, 1.82) is 0 Å². The molecule has 0 aliphatic rings. The summed E-state index contributed by atoms with van der Waals surface area (Å²) in [6.07, 6.45) is -0.414. The molecular formula is C14H19NO5S. The van der Waals surface area contributed by atoms with E-state index in [1.54, 1.807) is 32.9 Å². The van der Waals surface area contributed by atoms with E-state index in [9.17, 15) is 14.4 Å². The molecule has 0 aliphatic carbocycles. The zero-order valence-corrected chi connectivity index (χ0v) is 13.2. The molecule has 0 spiro atoms. The number of esters is 1. The summed E-state index contributed by atoms with van der Waals surface area (Å²) in [6, 6.07) is 2.07. The Balaban J connectivity index is 2.68. The van der Waals surface area contributed by atoms with E-state index in [2.05, 4.69) is 5.32 Å². The number of carbonyl (C=O) groups excluding carboxylic acids is 2. The minimum atomic E-state index is -1.31. The first kappa shape index (κ1) is 17.2. The molecule has 0 fully saturated rings. The standard InChI is InChI=1S/C14H19NO5S/c1-8-5-6-10(21-8)12(17)15-9(13(18)19)7-11(16)20-14(2,3)4/h5-6,9H,7H2,1-4H3,(H,15,17)(H,18,19)/t9-/m0/s1. The lowest BCUT2D eigenvalue weighted by Crippen LogP contribution is -2.43. The van der Waals surface area contributed by atoms with Crippen molar-refractivity contribution in [2.24, 2.45) is 0 Å². The van der Waals surface area contributed by atoms with Crippen LogP contribution in [-0.2, 0) is 14.3 Å². The van der Waals surface area contributed by atoms with Gasteiger partial charge in [0.05, 0.1) is 11.3 Å². The van der Waals surface area contributed by atoms with Crippen LogP contribution in [-0.4, -0.2) is 34.6 Å². The summed E-state index contributed by atoms with van der Waals surface area (Å²) in [7, 11) is 0. The number of carboxylic acids is 1. The number of thiophene rings is 1. The molecule has 1 amide bonds. The van der Waals surface area contributed by atoms with Gasteiger partial charge in [-0.2, -0.15) is 0 Å². The quantitative estimate of drug-likeness (QED) is 0.811. The van der Waals surface area contributed by atoms with Gasteiger partial charge in [-0.15, -0.1) is 11.3 Å². The summed E-state index contributed by atoms with van der Waals surface area (Å²) in [5.41, 5.74) is -0.699. The Morgan fingerprint density at radius 2 is 1.95 bits per heavy atom. The fourth-order valence-electron chi connectivity index (χ4n) is 1.54. The van der Waals surface area contributed by atoms with E-state index in [0.717, 1.165) is 4.88 Å². The Hall–Kier alpha value is -1.89. The highest BCUT2D eigenvalue weighted by Gasteiger charge is 2.27. The van der Waals surface area contributed by atoms with Crippen molar-refractivity contribution < 1.29 is 24.2 Å². The molecule has 21 heavy (non-hydrogen) atoms. The van der Waals surface area contributed by atoms with Gasteiger partial charge in [-0.3, -0.25) is 9.59 Å². The maximum Gasteiger partial charge on any atom is 0.326 e. The Morgan fingerprint density at radius 3 is 2.38 bits per heavy atom. The molecule has 0 saturated heterocycles. The number of rotatable bonds is 5. The largest absolute Gasteiger partial charge is 0.480 e. The van der Waals surface area contributed by atoms with Gasteiger partial charge in [-0.05, 0) is 39.8 Å². The molecule has 6 nitrogen and oxygen atoms in total. The van der Waals surface area contributed by atoms with Crippen LogP contribution in [0.5, 0.6) is 0 Å². The fraction of sp³-hybridized carbons (Fsp3) is 0.500. The molecule has 1 atom stereocenters. The Morgan fingerprint density at radius 1 is 1.33 bits per heavy atom. The third kappa shape index (κ3) is 5.95. The molecule has 0 radical (unpaired) electrons. The first-order valence-electron chi connectivity index (χ1n) is 6.40. The number of ether oxygens (including phenoxy) is 1. The van der Waals surface area contributed by atoms with Gasteiger partial charge in [-0.1, -0.05) is 0 Å². The predicted octanol–water partition coefficient (Wildman–Crippen LogP) is 1.97. The van der Waals surface area contributed by atoms with E-state index in [1.165, 1.54) is 11.3 Å². The van der Waals surface area contributed by atoms with E-state index < -0.39 is 35.9 Å². The number of nitrogens with one attached hydrogen (secondary N) is 1. The van der Waals surface area contributed by atoms with Crippen LogP contribution in [0, 0.1) is 6.92 Å². The zero-order chi connectivity index (χ0) is 16.2. The average Bonchev–Trinajstić information content (AvgIpc) is 2.72. The summed E-state index contributed by atoms with van der Waals surface area (Å²) in [5, 5.41) is 11.4. The fourth-order valence-corrected chi connectivity index (χ4v) is 2.31. The molecule has 7 heteroatoms. The molecule has 0 saturated carbocycles. The smallest absolute Gasteiger partial charge is 0.326 e. The predicted molar refractivity (Wildman–Crippen MR) is 78.4 cm³/mol. The number of aliphatic carboxylic acids is 1. The highest BCUT2D eigenvalue weighted by Crippen LogP contribution is 2.15. The number of amides is 1. The second kappa shape index (κ2) is 6.71. The van der Waals surface area contributed by atoms with Gasteiger partial charge in [-0.25, -0.2) is 4.79 Å². The van der Waals surface area contributed by atoms with Crippen molar-refractivity contribution in [1.82, 2.24) is 5.32 Å². The maximum absolute atomic E-state index is 11.9. The van der Waals surface area contributed by atoms with Gasteiger partial charge in [0.25, 0.3) is 5.91 Å². The van der Waals surface area contributed by atoms with E-state index in [0.29, 0.717) is 4.88 Å². The van der Waals surface area contributed by atoms with E-state index >= 15 is 0 Å². The Labute approximate surface area is 127 Å². The molecule has 0 unspecified atom stereocenters. The Bertz CT molecular complexity index is 544. The third-order valence-corrected chi connectivity index (χ3v) is 3.36. The summed E-state index contributed by atoms with van der Waals surface area (Å²) >= 11 is 1.26. The van der Waals surface area contributed by atoms with E-state index in [-0.39, 0.29) is 0 Å². The van der Waals surface area contributed by atoms with Gasteiger partial charge in [0.1, 0.15) is 11.6 Å². The summed E-state index contributed by atoms with van der Waals surface area (Å²) < 4.78 is 5.06. The number of aryl methyl sites for hydroxylation is 1. The first-order chi connectivity index (χ1) is 9.58. The second-order valence-corrected chi connectivity index (χ2v) is 6.85. The van der Waals surface area contributed by atoms with Crippen LogP contribution in [0.2, 0.25) is 0 Å².